The lowest BCUT2D eigenvalue weighted by Gasteiger charge is -2.58. The number of thioether (sulfide) groups is 1. The van der Waals surface area contributed by atoms with Crippen molar-refractivity contribution in [2.45, 2.75) is 94.7 Å². The average molecular weight is 792 g/mol. The van der Waals surface area contributed by atoms with Gasteiger partial charge in [0.15, 0.2) is 0 Å². The topological polar surface area (TPSA) is 116 Å². The highest BCUT2D eigenvalue weighted by Crippen LogP contribution is 2.62. The smallest absolute Gasteiger partial charge is 0.230 e. The van der Waals surface area contributed by atoms with Crippen LogP contribution < -0.4 is 9.47 Å². The SMILES string of the molecule is C=CCOC12Oc3ccc(Oc4ccc5ccccc5c4)cc3C3C(CCCCO)C(CCCCO)C=C(C(=NOC(C)(C)C)CC1SCCc1cnccn1)C32. The number of ether oxygens (including phenoxy) is 3. The lowest BCUT2D eigenvalue weighted by molar-refractivity contribution is -0.223. The Morgan fingerprint density at radius 2 is 1.74 bits per heavy atom. The maximum Gasteiger partial charge on any atom is 0.230 e. The molecule has 0 amide bonds. The van der Waals surface area contributed by atoms with Crippen molar-refractivity contribution in [2.75, 3.05) is 25.6 Å². The highest BCUT2D eigenvalue weighted by Gasteiger charge is 2.64. The number of aromatic nitrogens is 2. The standard InChI is InChI=1S/C47H57N3O6S/c1-5-25-53-47-43(57-26-20-35-31-48-21-22-49-35)30-41(50-56-46(2,3)4)39-28-34(14-8-10-23-51)38(15-9-11-24-52)44(45(39)47)40-29-37(18-19-42(40)55-47)54-36-17-16-32-12-6-7-13-33(32)27-36/h5-7,12-13,16-19,21-22,27-29,31,34,38,43-45,51-52H,1,8-11,14-15,20,23-26,30H2,2-4H3. The Bertz CT molecular complexity index is 2030. The Morgan fingerprint density at radius 3 is 2.49 bits per heavy atom. The Labute approximate surface area is 341 Å². The molecule has 10 heteroatoms. The minimum absolute atomic E-state index is 0.0280. The number of oxime groups is 1. The van der Waals surface area contributed by atoms with Crippen LogP contribution in [-0.4, -0.2) is 68.1 Å². The molecule has 3 aliphatic rings. The molecule has 2 heterocycles. The first kappa shape index (κ1) is 41.0. The molecule has 0 spiro atoms. The second-order valence-electron chi connectivity index (χ2n) is 16.4. The molecule has 4 aromatic rings. The molecule has 6 atom stereocenters. The number of allylic oxidation sites excluding steroid dienone is 1. The molecule has 302 valence electrons. The van der Waals surface area contributed by atoms with E-state index in [1.807, 2.05) is 63.0 Å². The Kier molecular flexibility index (Phi) is 13.3. The van der Waals surface area contributed by atoms with E-state index in [4.69, 9.17) is 24.2 Å². The molecule has 0 radical (unpaired) electrons. The largest absolute Gasteiger partial charge is 0.460 e. The van der Waals surface area contributed by atoms with Crippen LogP contribution in [0.2, 0.25) is 0 Å². The maximum atomic E-state index is 9.95. The molecular formula is C47H57N3O6S. The molecular weight excluding hydrogens is 735 g/mol. The van der Waals surface area contributed by atoms with E-state index in [2.05, 4.69) is 59.0 Å². The van der Waals surface area contributed by atoms with Crippen LogP contribution >= 0.6 is 11.8 Å². The van der Waals surface area contributed by atoms with Crippen molar-refractivity contribution in [3.8, 4) is 17.2 Å². The van der Waals surface area contributed by atoms with Crippen LogP contribution in [0.3, 0.4) is 0 Å². The zero-order chi connectivity index (χ0) is 39.8. The zero-order valence-corrected chi connectivity index (χ0v) is 34.3. The van der Waals surface area contributed by atoms with Gasteiger partial charge in [0, 0.05) is 56.1 Å². The summed E-state index contributed by atoms with van der Waals surface area (Å²) in [6.07, 6.45) is 15.9. The number of hydrogen-bond donors (Lipinski definition) is 2. The number of benzene rings is 3. The van der Waals surface area contributed by atoms with Gasteiger partial charge in [-0.1, -0.05) is 60.5 Å². The van der Waals surface area contributed by atoms with Gasteiger partial charge in [-0.25, -0.2) is 0 Å². The number of unbranched alkanes of at least 4 members (excludes halogenated alkanes) is 2. The Hall–Kier alpha value is -4.22. The van der Waals surface area contributed by atoms with Crippen molar-refractivity contribution in [2.24, 2.45) is 22.9 Å². The molecule has 3 aromatic carbocycles. The first-order valence-corrected chi connectivity index (χ1v) is 21.6. The van der Waals surface area contributed by atoms with Gasteiger partial charge < -0.3 is 29.3 Å². The first-order valence-electron chi connectivity index (χ1n) is 20.5. The van der Waals surface area contributed by atoms with Crippen molar-refractivity contribution < 1.29 is 29.3 Å². The number of nitrogens with zero attached hydrogens (tertiary/aromatic N) is 3. The number of aliphatic hydroxyl groups excluding tert-OH is 2. The van der Waals surface area contributed by atoms with Crippen molar-refractivity contribution in [1.82, 2.24) is 9.97 Å². The van der Waals surface area contributed by atoms with E-state index in [9.17, 15) is 10.2 Å². The van der Waals surface area contributed by atoms with E-state index in [1.54, 1.807) is 18.5 Å². The predicted molar refractivity (Wildman–Crippen MR) is 228 cm³/mol. The number of fused-ring (bicyclic) bond motifs is 3. The molecule has 2 aliphatic carbocycles. The van der Waals surface area contributed by atoms with Crippen LogP contribution in [0.25, 0.3) is 10.8 Å². The minimum atomic E-state index is -1.04. The van der Waals surface area contributed by atoms with E-state index >= 15 is 0 Å². The second-order valence-corrected chi connectivity index (χ2v) is 17.7. The summed E-state index contributed by atoms with van der Waals surface area (Å²) in [5, 5.41) is 26.9. The lowest BCUT2D eigenvalue weighted by Crippen LogP contribution is -2.64. The minimum Gasteiger partial charge on any atom is -0.460 e. The maximum absolute atomic E-state index is 9.95. The summed E-state index contributed by atoms with van der Waals surface area (Å²) < 4.78 is 21.1. The molecule has 57 heavy (non-hydrogen) atoms. The van der Waals surface area contributed by atoms with Gasteiger partial charge in [0.1, 0.15) is 22.8 Å². The number of hydrogen-bond acceptors (Lipinski definition) is 10. The molecule has 9 nitrogen and oxygen atoms in total. The van der Waals surface area contributed by atoms with E-state index in [0.717, 1.165) is 101 Å². The Morgan fingerprint density at radius 1 is 0.965 bits per heavy atom. The third kappa shape index (κ3) is 9.41. The monoisotopic (exact) mass is 791 g/mol. The quantitative estimate of drug-likeness (QED) is 0.0577. The average Bonchev–Trinajstić information content (AvgIpc) is 3.21. The van der Waals surface area contributed by atoms with Gasteiger partial charge in [0.25, 0.3) is 0 Å². The van der Waals surface area contributed by atoms with E-state index in [-0.39, 0.29) is 42.1 Å². The molecule has 1 fully saturated rings. The van der Waals surface area contributed by atoms with Gasteiger partial charge >= 0.3 is 0 Å². The number of aryl methyl sites for hydroxylation is 1. The molecule has 1 aromatic heterocycles. The van der Waals surface area contributed by atoms with Crippen LogP contribution in [0.15, 0.2) is 109 Å². The molecule has 6 unspecified atom stereocenters. The fraction of sp³-hybridized carbons (Fsp3) is 0.468. The van der Waals surface area contributed by atoms with Crippen molar-refractivity contribution in [1.29, 1.82) is 0 Å². The van der Waals surface area contributed by atoms with Crippen LogP contribution in [0.4, 0.5) is 0 Å². The number of rotatable bonds is 18. The van der Waals surface area contributed by atoms with Crippen molar-refractivity contribution in [3.05, 3.63) is 115 Å². The molecule has 1 saturated carbocycles. The van der Waals surface area contributed by atoms with Crippen LogP contribution in [0.1, 0.15) is 82.9 Å². The highest BCUT2D eigenvalue weighted by molar-refractivity contribution is 8.00. The van der Waals surface area contributed by atoms with E-state index < -0.39 is 11.4 Å². The molecule has 0 bridgehead atoms. The first-order chi connectivity index (χ1) is 27.7. The summed E-state index contributed by atoms with van der Waals surface area (Å²) in [5.41, 5.74) is 3.57. The fourth-order valence-electron chi connectivity index (χ4n) is 8.86. The van der Waals surface area contributed by atoms with Gasteiger partial charge in [-0.05, 0) is 111 Å². The van der Waals surface area contributed by atoms with Crippen molar-refractivity contribution >= 4 is 28.2 Å². The fourth-order valence-corrected chi connectivity index (χ4v) is 10.2. The summed E-state index contributed by atoms with van der Waals surface area (Å²) >= 11 is 1.82. The highest BCUT2D eigenvalue weighted by atomic mass is 32.2. The zero-order valence-electron chi connectivity index (χ0n) is 33.5. The van der Waals surface area contributed by atoms with Crippen molar-refractivity contribution in [3.63, 3.8) is 0 Å². The van der Waals surface area contributed by atoms with Gasteiger partial charge in [-0.3, -0.25) is 9.97 Å². The molecule has 0 saturated heterocycles. The second kappa shape index (κ2) is 18.6. The van der Waals surface area contributed by atoms with Gasteiger partial charge in [-0.2, -0.15) is 11.8 Å². The normalized spacial score (nSPS) is 24.6. The van der Waals surface area contributed by atoms with Crippen LogP contribution in [0, 0.1) is 17.8 Å². The summed E-state index contributed by atoms with van der Waals surface area (Å²) in [4.78, 5) is 15.1. The van der Waals surface area contributed by atoms with Gasteiger partial charge in [-0.15, -0.1) is 6.58 Å². The lowest BCUT2D eigenvalue weighted by atomic mass is 9.56. The summed E-state index contributed by atoms with van der Waals surface area (Å²) in [6, 6.07) is 20.7. The third-order valence-corrected chi connectivity index (χ3v) is 12.6. The third-order valence-electron chi connectivity index (χ3n) is 11.3. The number of aliphatic hydroxyl groups is 2. The van der Waals surface area contributed by atoms with Crippen LogP contribution in [-0.2, 0) is 16.0 Å². The molecule has 7 rings (SSSR count). The van der Waals surface area contributed by atoms with Gasteiger partial charge in [0.05, 0.1) is 29.2 Å². The van der Waals surface area contributed by atoms with Gasteiger partial charge in [0.2, 0.25) is 5.79 Å². The van der Waals surface area contributed by atoms with E-state index in [1.165, 1.54) is 0 Å². The summed E-state index contributed by atoms with van der Waals surface area (Å²) in [7, 11) is 0. The predicted octanol–water partition coefficient (Wildman–Crippen LogP) is 9.83. The summed E-state index contributed by atoms with van der Waals surface area (Å²) in [6.45, 7) is 10.8. The van der Waals surface area contributed by atoms with E-state index in [0.29, 0.717) is 13.0 Å². The molecule has 2 N–H and O–H groups in total. The molecule has 1 aliphatic heterocycles. The van der Waals surface area contributed by atoms with Crippen LogP contribution in [0.5, 0.6) is 17.2 Å². The Balaban J connectivity index is 1.37. The summed E-state index contributed by atoms with van der Waals surface area (Å²) in [5.74, 6) is 2.18.